The van der Waals surface area contributed by atoms with E-state index in [0.29, 0.717) is 6.42 Å². The van der Waals surface area contributed by atoms with Gasteiger partial charge in [-0.25, -0.2) is 4.79 Å². The third-order valence-electron chi connectivity index (χ3n) is 3.12. The molecule has 3 N–H and O–H groups in total. The number of carboxylic acids is 1. The molecular weight excluding hydrogens is 268 g/mol. The molecule has 20 heavy (non-hydrogen) atoms. The molecule has 112 valence electrons. The van der Waals surface area contributed by atoms with Crippen molar-refractivity contribution >= 4 is 23.8 Å². The number of ether oxygens (including phenoxy) is 1. The Kier molecular flexibility index (Phi) is 5.95. The highest BCUT2D eigenvalue weighted by Gasteiger charge is 2.28. The zero-order valence-corrected chi connectivity index (χ0v) is 11.2. The van der Waals surface area contributed by atoms with Crippen LogP contribution in [0.2, 0.25) is 0 Å². The number of carbonyl (C=O) groups is 4. The van der Waals surface area contributed by atoms with Crippen LogP contribution in [0.15, 0.2) is 0 Å². The second-order valence-electron chi connectivity index (χ2n) is 4.55. The van der Waals surface area contributed by atoms with Gasteiger partial charge >= 0.3 is 11.9 Å². The Hall–Kier alpha value is -2.12. The predicted molar refractivity (Wildman–Crippen MR) is 66.6 cm³/mol. The number of hydrogen-bond acceptors (Lipinski definition) is 5. The van der Waals surface area contributed by atoms with E-state index in [1.807, 2.05) is 0 Å². The molecule has 0 aromatic rings. The summed E-state index contributed by atoms with van der Waals surface area (Å²) in [6.45, 7) is 0.202. The van der Waals surface area contributed by atoms with Gasteiger partial charge in [0.15, 0.2) is 0 Å². The van der Waals surface area contributed by atoms with Crippen LogP contribution in [-0.2, 0) is 23.9 Å². The van der Waals surface area contributed by atoms with Crippen molar-refractivity contribution in [2.45, 2.75) is 31.7 Å². The molecule has 2 atom stereocenters. The van der Waals surface area contributed by atoms with Gasteiger partial charge in [0.25, 0.3) is 0 Å². The Bertz CT molecular complexity index is 399. The SMILES string of the molecule is COC(=O)CC[C@@H](NC(=O)C1CCC(=O)NC1)C(=O)O. The molecule has 8 heteroatoms. The van der Waals surface area contributed by atoms with E-state index < -0.39 is 29.8 Å². The first-order chi connectivity index (χ1) is 9.43. The Labute approximate surface area is 115 Å². The largest absolute Gasteiger partial charge is 0.480 e. The van der Waals surface area contributed by atoms with Gasteiger partial charge in [0.1, 0.15) is 6.04 Å². The maximum absolute atomic E-state index is 11.9. The molecule has 0 saturated carbocycles. The van der Waals surface area contributed by atoms with Crippen LogP contribution >= 0.6 is 0 Å². The van der Waals surface area contributed by atoms with Gasteiger partial charge < -0.3 is 20.5 Å². The number of rotatable bonds is 6. The maximum Gasteiger partial charge on any atom is 0.326 e. The molecule has 0 bridgehead atoms. The predicted octanol–water partition coefficient (Wildman–Crippen LogP) is -0.965. The fraction of sp³-hybridized carbons (Fsp3) is 0.667. The fourth-order valence-corrected chi connectivity index (χ4v) is 1.87. The lowest BCUT2D eigenvalue weighted by Crippen LogP contribution is -2.48. The van der Waals surface area contributed by atoms with Gasteiger partial charge in [0.05, 0.1) is 13.0 Å². The lowest BCUT2D eigenvalue weighted by Gasteiger charge is -2.23. The summed E-state index contributed by atoms with van der Waals surface area (Å²) in [5.41, 5.74) is 0. The molecule has 1 fully saturated rings. The third-order valence-corrected chi connectivity index (χ3v) is 3.12. The van der Waals surface area contributed by atoms with Crippen LogP contribution in [0, 0.1) is 5.92 Å². The highest BCUT2D eigenvalue weighted by molar-refractivity contribution is 5.87. The molecule has 1 saturated heterocycles. The number of carbonyl (C=O) groups excluding carboxylic acids is 3. The lowest BCUT2D eigenvalue weighted by molar-refractivity contribution is -0.145. The first-order valence-electron chi connectivity index (χ1n) is 6.30. The monoisotopic (exact) mass is 286 g/mol. The van der Waals surface area contributed by atoms with Gasteiger partial charge in [0, 0.05) is 19.4 Å². The van der Waals surface area contributed by atoms with E-state index in [9.17, 15) is 19.2 Å². The summed E-state index contributed by atoms with van der Waals surface area (Å²) in [5, 5.41) is 13.9. The van der Waals surface area contributed by atoms with E-state index in [1.165, 1.54) is 7.11 Å². The minimum atomic E-state index is -1.21. The van der Waals surface area contributed by atoms with Crippen LogP contribution in [0.25, 0.3) is 0 Å². The van der Waals surface area contributed by atoms with Gasteiger partial charge in [-0.2, -0.15) is 0 Å². The lowest BCUT2D eigenvalue weighted by atomic mass is 9.97. The molecule has 0 radical (unpaired) electrons. The van der Waals surface area contributed by atoms with Gasteiger partial charge in [-0.1, -0.05) is 0 Å². The van der Waals surface area contributed by atoms with E-state index >= 15 is 0 Å². The van der Waals surface area contributed by atoms with Gasteiger partial charge in [-0.15, -0.1) is 0 Å². The van der Waals surface area contributed by atoms with Gasteiger partial charge in [-0.3, -0.25) is 14.4 Å². The Morgan fingerprint density at radius 3 is 2.70 bits per heavy atom. The Morgan fingerprint density at radius 2 is 2.20 bits per heavy atom. The molecule has 2 amide bonds. The second kappa shape index (κ2) is 7.46. The average Bonchev–Trinajstić information content (AvgIpc) is 2.43. The summed E-state index contributed by atoms with van der Waals surface area (Å²) in [5.74, 6) is -2.72. The van der Waals surface area contributed by atoms with Crippen LogP contribution in [0.4, 0.5) is 0 Å². The Morgan fingerprint density at radius 1 is 1.50 bits per heavy atom. The molecule has 1 aliphatic heterocycles. The average molecular weight is 286 g/mol. The summed E-state index contributed by atoms with van der Waals surface area (Å²) in [6.07, 6.45) is 0.515. The van der Waals surface area contributed by atoms with E-state index in [2.05, 4.69) is 15.4 Å². The van der Waals surface area contributed by atoms with Crippen LogP contribution < -0.4 is 10.6 Å². The van der Waals surface area contributed by atoms with Crippen molar-refractivity contribution in [1.82, 2.24) is 10.6 Å². The number of carboxylic acid groups (broad SMARTS) is 1. The fourth-order valence-electron chi connectivity index (χ4n) is 1.87. The quantitative estimate of drug-likeness (QED) is 0.540. The normalized spacial score (nSPS) is 19.6. The number of esters is 1. The zero-order valence-electron chi connectivity index (χ0n) is 11.2. The van der Waals surface area contributed by atoms with Gasteiger partial charge in [0.2, 0.25) is 11.8 Å². The Balaban J connectivity index is 2.48. The standard InChI is InChI=1S/C12H18N2O6/c1-20-10(16)5-3-8(12(18)19)14-11(17)7-2-4-9(15)13-6-7/h7-8H,2-6H2,1H3,(H,13,15)(H,14,17)(H,18,19)/t7?,8-/m1/s1. The van der Waals surface area contributed by atoms with E-state index in [4.69, 9.17) is 5.11 Å². The van der Waals surface area contributed by atoms with E-state index in [1.54, 1.807) is 0 Å². The summed E-state index contributed by atoms with van der Waals surface area (Å²) in [7, 11) is 1.21. The highest BCUT2D eigenvalue weighted by atomic mass is 16.5. The van der Waals surface area contributed by atoms with Crippen LogP contribution in [0.3, 0.4) is 0 Å². The molecule has 0 aromatic heterocycles. The molecule has 1 heterocycles. The maximum atomic E-state index is 11.9. The van der Waals surface area contributed by atoms with E-state index in [-0.39, 0.29) is 31.7 Å². The summed E-state index contributed by atoms with van der Waals surface area (Å²) in [4.78, 5) is 44.9. The number of amides is 2. The van der Waals surface area contributed by atoms with Crippen LogP contribution in [0.5, 0.6) is 0 Å². The van der Waals surface area contributed by atoms with Crippen molar-refractivity contribution in [2.24, 2.45) is 5.92 Å². The molecule has 0 spiro atoms. The number of hydrogen-bond donors (Lipinski definition) is 3. The number of methoxy groups -OCH3 is 1. The minimum Gasteiger partial charge on any atom is -0.480 e. The number of aliphatic carboxylic acids is 1. The van der Waals surface area contributed by atoms with Crippen molar-refractivity contribution in [3.63, 3.8) is 0 Å². The first kappa shape index (κ1) is 15.9. The molecule has 0 aromatic carbocycles. The van der Waals surface area contributed by atoms with Crippen molar-refractivity contribution < 1.29 is 29.0 Å². The zero-order chi connectivity index (χ0) is 15.1. The summed E-state index contributed by atoms with van der Waals surface area (Å²) >= 11 is 0. The molecule has 0 aliphatic carbocycles. The summed E-state index contributed by atoms with van der Waals surface area (Å²) in [6, 6.07) is -1.14. The molecule has 8 nitrogen and oxygen atoms in total. The molecular formula is C12H18N2O6. The first-order valence-corrected chi connectivity index (χ1v) is 6.30. The third kappa shape index (κ3) is 4.87. The smallest absolute Gasteiger partial charge is 0.326 e. The van der Waals surface area contributed by atoms with Crippen molar-refractivity contribution in [3.05, 3.63) is 0 Å². The highest BCUT2D eigenvalue weighted by Crippen LogP contribution is 2.11. The molecule has 1 rings (SSSR count). The summed E-state index contributed by atoms with van der Waals surface area (Å²) < 4.78 is 4.42. The van der Waals surface area contributed by atoms with Crippen LogP contribution in [0.1, 0.15) is 25.7 Å². The van der Waals surface area contributed by atoms with E-state index in [0.717, 1.165) is 0 Å². The van der Waals surface area contributed by atoms with Crippen molar-refractivity contribution in [1.29, 1.82) is 0 Å². The number of piperidine rings is 1. The van der Waals surface area contributed by atoms with Crippen molar-refractivity contribution in [2.75, 3.05) is 13.7 Å². The van der Waals surface area contributed by atoms with Crippen LogP contribution in [-0.4, -0.2) is 48.6 Å². The number of nitrogens with one attached hydrogen (secondary N) is 2. The molecule has 1 aliphatic rings. The van der Waals surface area contributed by atoms with Gasteiger partial charge in [-0.05, 0) is 12.8 Å². The molecule has 1 unspecified atom stereocenters. The minimum absolute atomic E-state index is 0.0349. The topological polar surface area (TPSA) is 122 Å². The van der Waals surface area contributed by atoms with Crippen molar-refractivity contribution in [3.8, 4) is 0 Å². The second-order valence-corrected chi connectivity index (χ2v) is 4.55.